The Balaban J connectivity index is 1.49. The normalized spacial score (nSPS) is 12.2. The van der Waals surface area contributed by atoms with E-state index in [1.54, 1.807) is 31.2 Å². The number of hydrogen-bond acceptors (Lipinski definition) is 5. The van der Waals surface area contributed by atoms with Gasteiger partial charge in [0.2, 0.25) is 5.91 Å². The first-order chi connectivity index (χ1) is 22.7. The lowest BCUT2D eigenvalue weighted by atomic mass is 9.86. The van der Waals surface area contributed by atoms with E-state index >= 15 is 0 Å². The molecule has 1 atom stereocenters. The number of halogens is 3. The molecule has 0 fully saturated rings. The standard InChI is InChI=1S/C39H41F3N2O4/c1-5-48-36(46)8-6-7-35(45)29-15-21-32(22-16-29)43-34(37(47)44-33-23-19-31(20-24-33)39(40,41)42)25-26-9-11-27(12-10-26)28-13-17-30(18-14-28)38(2,3)4/h9-24,34,43H,5-8,25H2,1-4H3,(H,44,47)/t34-/m1/s1. The zero-order chi connectivity index (χ0) is 34.9. The van der Waals surface area contributed by atoms with Crippen LogP contribution in [0.2, 0.25) is 0 Å². The van der Waals surface area contributed by atoms with Crippen LogP contribution in [0.5, 0.6) is 0 Å². The Morgan fingerprint density at radius 3 is 1.79 bits per heavy atom. The van der Waals surface area contributed by atoms with E-state index in [0.717, 1.165) is 28.8 Å². The number of rotatable bonds is 13. The molecule has 0 spiro atoms. The first-order valence-electron chi connectivity index (χ1n) is 16.0. The van der Waals surface area contributed by atoms with Gasteiger partial charge in [0.25, 0.3) is 0 Å². The van der Waals surface area contributed by atoms with Gasteiger partial charge in [0, 0.05) is 36.2 Å². The van der Waals surface area contributed by atoms with Gasteiger partial charge in [-0.2, -0.15) is 13.2 Å². The second kappa shape index (κ2) is 15.8. The fourth-order valence-electron chi connectivity index (χ4n) is 5.14. The molecule has 2 N–H and O–H groups in total. The third kappa shape index (κ3) is 10.3. The average Bonchev–Trinajstić information content (AvgIpc) is 3.04. The first kappa shape index (κ1) is 35.9. The lowest BCUT2D eigenvalue weighted by Crippen LogP contribution is -2.36. The number of carbonyl (C=O) groups excluding carboxylic acids is 3. The second-order valence-corrected chi connectivity index (χ2v) is 12.6. The monoisotopic (exact) mass is 658 g/mol. The van der Waals surface area contributed by atoms with Crippen LogP contribution in [0.25, 0.3) is 11.1 Å². The summed E-state index contributed by atoms with van der Waals surface area (Å²) in [5.74, 6) is -0.888. The summed E-state index contributed by atoms with van der Waals surface area (Å²) in [5, 5.41) is 5.95. The van der Waals surface area contributed by atoms with E-state index < -0.39 is 23.7 Å². The Bertz CT molecular complexity index is 1670. The van der Waals surface area contributed by atoms with Gasteiger partial charge in [-0.3, -0.25) is 14.4 Å². The number of amides is 1. The van der Waals surface area contributed by atoms with Crippen molar-refractivity contribution in [3.05, 3.63) is 119 Å². The molecule has 9 heteroatoms. The summed E-state index contributed by atoms with van der Waals surface area (Å²) in [7, 11) is 0. The maximum atomic E-state index is 13.5. The summed E-state index contributed by atoms with van der Waals surface area (Å²) >= 11 is 0. The first-order valence-corrected chi connectivity index (χ1v) is 16.0. The van der Waals surface area contributed by atoms with Gasteiger partial charge in [0.15, 0.2) is 5.78 Å². The van der Waals surface area contributed by atoms with Crippen LogP contribution in [0, 0.1) is 0 Å². The van der Waals surface area contributed by atoms with E-state index in [-0.39, 0.29) is 42.1 Å². The van der Waals surface area contributed by atoms with Crippen molar-refractivity contribution in [3.8, 4) is 11.1 Å². The molecule has 0 bridgehead atoms. The molecule has 0 aliphatic rings. The Morgan fingerprint density at radius 2 is 1.25 bits per heavy atom. The van der Waals surface area contributed by atoms with E-state index in [9.17, 15) is 27.6 Å². The molecule has 0 aliphatic heterocycles. The molecule has 48 heavy (non-hydrogen) atoms. The van der Waals surface area contributed by atoms with Crippen molar-refractivity contribution >= 4 is 29.0 Å². The highest BCUT2D eigenvalue weighted by Gasteiger charge is 2.30. The average molecular weight is 659 g/mol. The summed E-state index contributed by atoms with van der Waals surface area (Å²) in [6.45, 7) is 8.52. The van der Waals surface area contributed by atoms with Crippen LogP contribution in [0.3, 0.4) is 0 Å². The van der Waals surface area contributed by atoms with Crippen molar-refractivity contribution in [3.63, 3.8) is 0 Å². The quantitative estimate of drug-likeness (QED) is 0.111. The van der Waals surface area contributed by atoms with E-state index in [1.165, 1.54) is 17.7 Å². The number of benzene rings is 4. The van der Waals surface area contributed by atoms with Crippen LogP contribution >= 0.6 is 0 Å². The summed E-state index contributed by atoms with van der Waals surface area (Å²) < 4.78 is 44.1. The third-order valence-corrected chi connectivity index (χ3v) is 7.91. The highest BCUT2D eigenvalue weighted by Crippen LogP contribution is 2.30. The molecule has 4 aromatic carbocycles. The van der Waals surface area contributed by atoms with Gasteiger partial charge in [-0.05, 0) is 89.5 Å². The summed E-state index contributed by atoms with van der Waals surface area (Å²) in [4.78, 5) is 37.7. The Morgan fingerprint density at radius 1 is 0.708 bits per heavy atom. The molecular formula is C39H41F3N2O4. The number of Topliss-reactive ketones (excluding diaryl/α,β-unsaturated/α-hetero) is 1. The van der Waals surface area contributed by atoms with Crippen molar-refractivity contribution in [1.82, 2.24) is 0 Å². The van der Waals surface area contributed by atoms with Gasteiger partial charge < -0.3 is 15.4 Å². The molecule has 0 aliphatic carbocycles. The van der Waals surface area contributed by atoms with Crippen molar-refractivity contribution in [2.24, 2.45) is 0 Å². The van der Waals surface area contributed by atoms with Crippen LogP contribution in [0.15, 0.2) is 97.1 Å². The predicted molar refractivity (Wildman–Crippen MR) is 183 cm³/mol. The largest absolute Gasteiger partial charge is 0.466 e. The molecule has 0 saturated heterocycles. The van der Waals surface area contributed by atoms with Gasteiger partial charge in [-0.25, -0.2) is 0 Å². The van der Waals surface area contributed by atoms with Gasteiger partial charge in [0.1, 0.15) is 6.04 Å². The number of ketones is 1. The molecular weight excluding hydrogens is 617 g/mol. The van der Waals surface area contributed by atoms with Crippen LogP contribution in [0.1, 0.15) is 74.0 Å². The van der Waals surface area contributed by atoms with Crippen molar-refractivity contribution < 1.29 is 32.3 Å². The smallest absolute Gasteiger partial charge is 0.416 e. The van der Waals surface area contributed by atoms with E-state index in [4.69, 9.17) is 4.74 Å². The molecule has 252 valence electrons. The molecule has 0 aromatic heterocycles. The molecule has 4 aromatic rings. The number of esters is 1. The maximum absolute atomic E-state index is 13.5. The number of hydrogen-bond donors (Lipinski definition) is 2. The Kier molecular flexibility index (Phi) is 11.8. The SMILES string of the molecule is CCOC(=O)CCCC(=O)c1ccc(N[C@H](Cc2ccc(-c3ccc(C(C)(C)C)cc3)cc2)C(=O)Nc2ccc(C(F)(F)F)cc2)cc1. The predicted octanol–water partition coefficient (Wildman–Crippen LogP) is 9.25. The summed E-state index contributed by atoms with van der Waals surface area (Å²) in [6.07, 6.45) is -3.46. The van der Waals surface area contributed by atoms with Crippen LogP contribution < -0.4 is 10.6 Å². The lowest BCUT2D eigenvalue weighted by molar-refractivity contribution is -0.143. The van der Waals surface area contributed by atoms with Gasteiger partial charge in [-0.1, -0.05) is 69.3 Å². The number of anilines is 2. The Labute approximate surface area is 279 Å². The zero-order valence-electron chi connectivity index (χ0n) is 27.6. The zero-order valence-corrected chi connectivity index (χ0v) is 27.6. The molecule has 0 saturated carbocycles. The minimum atomic E-state index is -4.48. The van der Waals surface area contributed by atoms with E-state index in [2.05, 4.69) is 55.7 Å². The molecule has 6 nitrogen and oxygen atoms in total. The van der Waals surface area contributed by atoms with Crippen LogP contribution in [0.4, 0.5) is 24.5 Å². The van der Waals surface area contributed by atoms with E-state index in [0.29, 0.717) is 24.3 Å². The lowest BCUT2D eigenvalue weighted by Gasteiger charge is -2.21. The van der Waals surface area contributed by atoms with Gasteiger partial charge >= 0.3 is 12.1 Å². The maximum Gasteiger partial charge on any atom is 0.416 e. The molecule has 0 unspecified atom stereocenters. The topological polar surface area (TPSA) is 84.5 Å². The van der Waals surface area contributed by atoms with Crippen molar-refractivity contribution in [2.45, 2.75) is 71.0 Å². The van der Waals surface area contributed by atoms with Crippen molar-refractivity contribution in [2.75, 3.05) is 17.2 Å². The van der Waals surface area contributed by atoms with Gasteiger partial charge in [0.05, 0.1) is 12.2 Å². The molecule has 1 amide bonds. The third-order valence-electron chi connectivity index (χ3n) is 7.91. The summed E-state index contributed by atoms with van der Waals surface area (Å²) in [5.41, 5.74) is 4.74. The Hall–Kier alpha value is -4.92. The number of carbonyl (C=O) groups is 3. The van der Waals surface area contributed by atoms with E-state index in [1.807, 2.05) is 24.3 Å². The highest BCUT2D eigenvalue weighted by molar-refractivity contribution is 5.98. The minimum Gasteiger partial charge on any atom is -0.466 e. The fraction of sp³-hybridized carbons (Fsp3) is 0.308. The van der Waals surface area contributed by atoms with Crippen molar-refractivity contribution in [1.29, 1.82) is 0 Å². The molecule has 4 rings (SSSR count). The molecule has 0 radical (unpaired) electrons. The molecule has 0 heterocycles. The highest BCUT2D eigenvalue weighted by atomic mass is 19.4. The number of alkyl halides is 3. The minimum absolute atomic E-state index is 0.0482. The second-order valence-electron chi connectivity index (χ2n) is 12.6. The number of ether oxygens (including phenoxy) is 1. The summed E-state index contributed by atoms with van der Waals surface area (Å²) in [6, 6.07) is 26.5. The van der Waals surface area contributed by atoms with Gasteiger partial charge in [-0.15, -0.1) is 0 Å². The fourth-order valence-corrected chi connectivity index (χ4v) is 5.14. The number of nitrogens with one attached hydrogen (secondary N) is 2. The van der Waals surface area contributed by atoms with Crippen LogP contribution in [-0.4, -0.2) is 30.3 Å². The van der Waals surface area contributed by atoms with Crippen LogP contribution in [-0.2, 0) is 32.3 Å².